The number of rotatable bonds is 10. The van der Waals surface area contributed by atoms with E-state index in [9.17, 15) is 14.7 Å². The molecule has 0 aromatic heterocycles. The Morgan fingerprint density at radius 3 is 2.16 bits per heavy atom. The van der Waals surface area contributed by atoms with Crippen molar-refractivity contribution >= 4 is 34.9 Å². The molecule has 0 aliphatic rings. The van der Waals surface area contributed by atoms with Crippen LogP contribution in [0.5, 0.6) is 11.5 Å². The Kier molecular flexibility index (Phi) is 9.55. The quantitative estimate of drug-likeness (QED) is 0.145. The molecule has 5 aromatic carbocycles. The van der Waals surface area contributed by atoms with Gasteiger partial charge in [0.05, 0.1) is 11.3 Å². The third-order valence-corrected chi connectivity index (χ3v) is 7.66. The maximum Gasteiger partial charge on any atom is 0.326 e. The number of aliphatic carboxylic acids is 1. The lowest BCUT2D eigenvalue weighted by molar-refractivity contribution is -0.139. The molecule has 0 heterocycles. The molecule has 0 saturated carbocycles. The van der Waals surface area contributed by atoms with E-state index in [1.165, 1.54) is 11.6 Å². The van der Waals surface area contributed by atoms with Gasteiger partial charge in [-0.15, -0.1) is 0 Å². The summed E-state index contributed by atoms with van der Waals surface area (Å²) >= 11 is 6.25. The van der Waals surface area contributed by atoms with Crippen molar-refractivity contribution in [3.63, 3.8) is 0 Å². The van der Waals surface area contributed by atoms with Gasteiger partial charge in [0.15, 0.2) is 0 Å². The molecule has 228 valence electrons. The Bertz CT molecular complexity index is 1780. The van der Waals surface area contributed by atoms with Crippen LogP contribution in [0.2, 0.25) is 5.02 Å². The SMILES string of the molecule is CC(C)(C)c1ccc(Nc2ccc(Cl)cc2C(=O)NC(Cc2ccc(-c3ccccc3Oc3ccccc3)cc2)C(=O)O)cc1. The number of amides is 1. The second kappa shape index (κ2) is 13.7. The van der Waals surface area contributed by atoms with Crippen LogP contribution in [0.4, 0.5) is 11.4 Å². The van der Waals surface area contributed by atoms with Gasteiger partial charge >= 0.3 is 5.97 Å². The number of hydrogen-bond donors (Lipinski definition) is 3. The number of nitrogens with one attached hydrogen (secondary N) is 2. The number of ether oxygens (including phenoxy) is 1. The molecule has 3 N–H and O–H groups in total. The molecule has 0 fully saturated rings. The van der Waals surface area contributed by atoms with Crippen LogP contribution in [-0.2, 0) is 16.6 Å². The minimum Gasteiger partial charge on any atom is -0.480 e. The van der Waals surface area contributed by atoms with Crippen molar-refractivity contribution in [3.05, 3.63) is 143 Å². The summed E-state index contributed by atoms with van der Waals surface area (Å²) < 4.78 is 6.11. The molecule has 5 rings (SSSR count). The standard InChI is InChI=1S/C38H35ClN2O4/c1-38(2,3)27-17-20-29(21-18-27)40-33-22-19-28(39)24-32(33)36(42)41-34(37(43)44)23-25-13-15-26(16-14-25)31-11-7-8-12-35(31)45-30-9-5-4-6-10-30/h4-22,24,34,40H,23H2,1-3H3,(H,41,42)(H,43,44). The summed E-state index contributed by atoms with van der Waals surface area (Å²) in [6.07, 6.45) is 0.0983. The molecule has 0 aliphatic heterocycles. The van der Waals surface area contributed by atoms with Crippen molar-refractivity contribution < 1.29 is 19.4 Å². The summed E-state index contributed by atoms with van der Waals surface area (Å²) in [4.78, 5) is 25.7. The molecule has 0 saturated heterocycles. The van der Waals surface area contributed by atoms with Crippen molar-refractivity contribution in [1.82, 2.24) is 5.32 Å². The van der Waals surface area contributed by atoms with Gasteiger partial charge in [-0.05, 0) is 70.6 Å². The normalized spacial score (nSPS) is 11.8. The van der Waals surface area contributed by atoms with Crippen molar-refractivity contribution in [3.8, 4) is 22.6 Å². The van der Waals surface area contributed by atoms with E-state index in [0.29, 0.717) is 16.5 Å². The predicted octanol–water partition coefficient (Wildman–Crippen LogP) is 9.27. The fraction of sp³-hybridized carbons (Fsp3) is 0.158. The van der Waals surface area contributed by atoms with E-state index in [-0.39, 0.29) is 17.4 Å². The highest BCUT2D eigenvalue weighted by Gasteiger charge is 2.23. The fourth-order valence-corrected chi connectivity index (χ4v) is 5.10. The molecule has 1 amide bonds. The van der Waals surface area contributed by atoms with Gasteiger partial charge in [-0.2, -0.15) is 0 Å². The number of para-hydroxylation sites is 2. The lowest BCUT2D eigenvalue weighted by Crippen LogP contribution is -2.42. The molecule has 1 atom stereocenters. The number of hydrogen-bond acceptors (Lipinski definition) is 4. The maximum absolute atomic E-state index is 13.4. The van der Waals surface area contributed by atoms with Gasteiger partial charge in [0, 0.05) is 22.7 Å². The van der Waals surface area contributed by atoms with Gasteiger partial charge < -0.3 is 20.5 Å². The van der Waals surface area contributed by atoms with E-state index in [1.807, 2.05) is 103 Å². The Morgan fingerprint density at radius 2 is 1.49 bits per heavy atom. The third-order valence-electron chi connectivity index (χ3n) is 7.42. The molecule has 0 radical (unpaired) electrons. The molecular formula is C38H35ClN2O4. The van der Waals surface area contributed by atoms with Gasteiger partial charge in [0.2, 0.25) is 0 Å². The lowest BCUT2D eigenvalue weighted by Gasteiger charge is -2.20. The number of carboxylic acids is 1. The number of carbonyl (C=O) groups excluding carboxylic acids is 1. The van der Waals surface area contributed by atoms with Gasteiger partial charge in [-0.25, -0.2) is 4.79 Å². The summed E-state index contributed by atoms with van der Waals surface area (Å²) in [5.74, 6) is -0.230. The summed E-state index contributed by atoms with van der Waals surface area (Å²) in [5, 5.41) is 16.4. The first-order chi connectivity index (χ1) is 21.6. The average molecular weight is 619 g/mol. The maximum atomic E-state index is 13.4. The largest absolute Gasteiger partial charge is 0.480 e. The van der Waals surface area contributed by atoms with Crippen molar-refractivity contribution in [2.75, 3.05) is 5.32 Å². The van der Waals surface area contributed by atoms with E-state index in [2.05, 4.69) is 31.4 Å². The Morgan fingerprint density at radius 1 is 0.822 bits per heavy atom. The molecule has 0 bridgehead atoms. The number of carbonyl (C=O) groups is 2. The minimum atomic E-state index is -1.16. The van der Waals surface area contributed by atoms with Gasteiger partial charge in [0.1, 0.15) is 17.5 Å². The smallest absolute Gasteiger partial charge is 0.326 e. The summed E-state index contributed by atoms with van der Waals surface area (Å²) in [6.45, 7) is 6.43. The van der Waals surface area contributed by atoms with Crippen LogP contribution in [0.15, 0.2) is 121 Å². The van der Waals surface area contributed by atoms with E-state index < -0.39 is 17.9 Å². The van der Waals surface area contributed by atoms with Gasteiger partial charge in [-0.3, -0.25) is 4.79 Å². The molecule has 1 unspecified atom stereocenters. The van der Waals surface area contributed by atoms with E-state index in [0.717, 1.165) is 28.1 Å². The molecule has 5 aromatic rings. The molecule has 7 heteroatoms. The first-order valence-electron chi connectivity index (χ1n) is 14.7. The highest BCUT2D eigenvalue weighted by Crippen LogP contribution is 2.33. The first-order valence-corrected chi connectivity index (χ1v) is 15.1. The summed E-state index contributed by atoms with van der Waals surface area (Å²) in [7, 11) is 0. The van der Waals surface area contributed by atoms with E-state index >= 15 is 0 Å². The Hall–Kier alpha value is -5.07. The number of anilines is 2. The zero-order valence-corrected chi connectivity index (χ0v) is 26.1. The van der Waals surface area contributed by atoms with Crippen molar-refractivity contribution in [2.45, 2.75) is 38.6 Å². The second-order valence-electron chi connectivity index (χ2n) is 11.8. The minimum absolute atomic E-state index is 0.0112. The molecule has 6 nitrogen and oxygen atoms in total. The zero-order valence-electron chi connectivity index (χ0n) is 25.4. The first kappa shape index (κ1) is 31.4. The van der Waals surface area contributed by atoms with Crippen LogP contribution in [-0.4, -0.2) is 23.0 Å². The highest BCUT2D eigenvalue weighted by atomic mass is 35.5. The van der Waals surface area contributed by atoms with Crippen LogP contribution in [0, 0.1) is 0 Å². The molecular weight excluding hydrogens is 584 g/mol. The number of benzene rings is 5. The molecule has 0 aliphatic carbocycles. The van der Waals surface area contributed by atoms with Crippen LogP contribution in [0.25, 0.3) is 11.1 Å². The van der Waals surface area contributed by atoms with Crippen LogP contribution in [0.1, 0.15) is 42.3 Å². The Labute approximate surface area is 268 Å². The number of halogens is 1. The van der Waals surface area contributed by atoms with Crippen molar-refractivity contribution in [1.29, 1.82) is 0 Å². The van der Waals surface area contributed by atoms with Gasteiger partial charge in [-0.1, -0.05) is 105 Å². The van der Waals surface area contributed by atoms with Crippen molar-refractivity contribution in [2.24, 2.45) is 0 Å². The van der Waals surface area contributed by atoms with E-state index in [1.54, 1.807) is 12.1 Å². The van der Waals surface area contributed by atoms with Crippen LogP contribution in [0.3, 0.4) is 0 Å². The lowest BCUT2D eigenvalue weighted by atomic mass is 9.87. The second-order valence-corrected chi connectivity index (χ2v) is 12.3. The zero-order chi connectivity index (χ0) is 32.0. The molecule has 0 spiro atoms. The topological polar surface area (TPSA) is 87.7 Å². The van der Waals surface area contributed by atoms with E-state index in [4.69, 9.17) is 16.3 Å². The highest BCUT2D eigenvalue weighted by molar-refractivity contribution is 6.31. The fourth-order valence-electron chi connectivity index (χ4n) is 4.92. The van der Waals surface area contributed by atoms with Crippen LogP contribution >= 0.6 is 11.6 Å². The Balaban J connectivity index is 1.30. The predicted molar refractivity (Wildman–Crippen MR) is 181 cm³/mol. The molecule has 45 heavy (non-hydrogen) atoms. The number of carboxylic acid groups (broad SMARTS) is 1. The van der Waals surface area contributed by atoms with Crippen LogP contribution < -0.4 is 15.4 Å². The average Bonchev–Trinajstić information content (AvgIpc) is 3.02. The summed E-state index contributed by atoms with van der Waals surface area (Å²) in [5.41, 5.74) is 5.35. The monoisotopic (exact) mass is 618 g/mol. The summed E-state index contributed by atoms with van der Waals surface area (Å²) in [6, 6.07) is 36.6. The third kappa shape index (κ3) is 8.11. The van der Waals surface area contributed by atoms with Gasteiger partial charge in [0.25, 0.3) is 5.91 Å².